The molecule has 0 aliphatic heterocycles. The molecule has 0 saturated carbocycles. The summed E-state index contributed by atoms with van der Waals surface area (Å²) in [4.78, 5) is 30.5. The summed E-state index contributed by atoms with van der Waals surface area (Å²) >= 11 is 0. The SMILES string of the molecule is Cc1cc(C(=O)Nc2cccc(-c3ncc(C)o3)c2)cc(=O)[nH]1. The molecule has 0 saturated heterocycles. The second kappa shape index (κ2) is 5.92. The number of benzene rings is 1. The van der Waals surface area contributed by atoms with Gasteiger partial charge < -0.3 is 14.7 Å². The van der Waals surface area contributed by atoms with Crippen LogP contribution in [0.5, 0.6) is 0 Å². The van der Waals surface area contributed by atoms with Crippen LogP contribution in [-0.2, 0) is 0 Å². The van der Waals surface area contributed by atoms with Gasteiger partial charge >= 0.3 is 0 Å². The van der Waals surface area contributed by atoms with Gasteiger partial charge in [-0.05, 0) is 38.1 Å². The number of pyridine rings is 1. The minimum Gasteiger partial charge on any atom is -0.441 e. The maximum absolute atomic E-state index is 12.3. The van der Waals surface area contributed by atoms with Crippen molar-refractivity contribution in [1.82, 2.24) is 9.97 Å². The molecule has 0 bridgehead atoms. The predicted molar refractivity (Wildman–Crippen MR) is 86.4 cm³/mol. The average Bonchev–Trinajstić information content (AvgIpc) is 2.93. The van der Waals surface area contributed by atoms with Gasteiger partial charge in [0, 0.05) is 28.6 Å². The van der Waals surface area contributed by atoms with Crippen molar-refractivity contribution in [3.8, 4) is 11.5 Å². The van der Waals surface area contributed by atoms with Crippen LogP contribution in [0, 0.1) is 13.8 Å². The van der Waals surface area contributed by atoms with Crippen LogP contribution >= 0.6 is 0 Å². The summed E-state index contributed by atoms with van der Waals surface area (Å²) in [5, 5.41) is 2.77. The maximum Gasteiger partial charge on any atom is 0.255 e. The van der Waals surface area contributed by atoms with E-state index in [1.54, 1.807) is 37.4 Å². The summed E-state index contributed by atoms with van der Waals surface area (Å²) in [6.45, 7) is 3.54. The molecule has 3 rings (SSSR count). The number of rotatable bonds is 3. The van der Waals surface area contributed by atoms with E-state index in [1.165, 1.54) is 6.07 Å². The highest BCUT2D eigenvalue weighted by Crippen LogP contribution is 2.22. The third-order valence-electron chi connectivity index (χ3n) is 3.23. The average molecular weight is 309 g/mol. The van der Waals surface area contributed by atoms with Gasteiger partial charge in [0.1, 0.15) is 5.76 Å². The molecule has 23 heavy (non-hydrogen) atoms. The van der Waals surface area contributed by atoms with Gasteiger partial charge in [-0.15, -0.1) is 0 Å². The first-order valence-electron chi connectivity index (χ1n) is 7.06. The fourth-order valence-electron chi connectivity index (χ4n) is 2.24. The smallest absolute Gasteiger partial charge is 0.255 e. The Balaban J connectivity index is 1.85. The van der Waals surface area contributed by atoms with Crippen molar-refractivity contribution in [3.63, 3.8) is 0 Å². The molecule has 2 N–H and O–H groups in total. The van der Waals surface area contributed by atoms with E-state index in [0.29, 0.717) is 28.6 Å². The van der Waals surface area contributed by atoms with E-state index in [-0.39, 0.29) is 11.5 Å². The Labute approximate surface area is 132 Å². The van der Waals surface area contributed by atoms with Crippen LogP contribution in [0.2, 0.25) is 0 Å². The quantitative estimate of drug-likeness (QED) is 0.778. The lowest BCUT2D eigenvalue weighted by Crippen LogP contribution is -2.16. The van der Waals surface area contributed by atoms with E-state index in [9.17, 15) is 9.59 Å². The molecular formula is C17H15N3O3. The Kier molecular flexibility index (Phi) is 3.80. The third-order valence-corrected chi connectivity index (χ3v) is 3.23. The second-order valence-corrected chi connectivity index (χ2v) is 5.23. The highest BCUT2D eigenvalue weighted by Gasteiger charge is 2.10. The molecular weight excluding hydrogens is 294 g/mol. The zero-order valence-corrected chi connectivity index (χ0v) is 12.7. The normalized spacial score (nSPS) is 10.5. The van der Waals surface area contributed by atoms with Gasteiger partial charge in [0.2, 0.25) is 11.4 Å². The van der Waals surface area contributed by atoms with E-state index in [4.69, 9.17) is 4.42 Å². The zero-order chi connectivity index (χ0) is 16.4. The Morgan fingerprint density at radius 3 is 2.74 bits per heavy atom. The van der Waals surface area contributed by atoms with Crippen LogP contribution in [0.25, 0.3) is 11.5 Å². The highest BCUT2D eigenvalue weighted by atomic mass is 16.4. The maximum atomic E-state index is 12.3. The number of carbonyl (C=O) groups excluding carboxylic acids is 1. The molecule has 0 unspecified atom stereocenters. The molecule has 1 amide bonds. The van der Waals surface area contributed by atoms with E-state index >= 15 is 0 Å². The van der Waals surface area contributed by atoms with Crippen LogP contribution in [0.1, 0.15) is 21.8 Å². The Bertz CT molecular complexity index is 925. The molecule has 0 radical (unpaired) electrons. The molecule has 2 aromatic heterocycles. The molecule has 6 heteroatoms. The minimum absolute atomic E-state index is 0.306. The number of nitrogens with zero attached hydrogens (tertiary/aromatic N) is 1. The number of amides is 1. The summed E-state index contributed by atoms with van der Waals surface area (Å²) in [6, 6.07) is 10.1. The summed E-state index contributed by atoms with van der Waals surface area (Å²) in [5.74, 6) is 0.860. The molecule has 1 aromatic carbocycles. The molecule has 0 fully saturated rings. The summed E-state index contributed by atoms with van der Waals surface area (Å²) in [6.07, 6.45) is 1.64. The minimum atomic E-state index is -0.347. The Morgan fingerprint density at radius 2 is 2.04 bits per heavy atom. The molecule has 2 heterocycles. The van der Waals surface area contributed by atoms with Gasteiger partial charge in [-0.1, -0.05) is 6.07 Å². The van der Waals surface area contributed by atoms with Crippen LogP contribution in [0.4, 0.5) is 5.69 Å². The van der Waals surface area contributed by atoms with Gasteiger partial charge in [0.15, 0.2) is 0 Å². The predicted octanol–water partition coefficient (Wildman–Crippen LogP) is 2.90. The number of hydrogen-bond donors (Lipinski definition) is 2. The number of H-pyrrole nitrogens is 1. The van der Waals surface area contributed by atoms with Gasteiger partial charge in [0.05, 0.1) is 6.20 Å². The Hall–Kier alpha value is -3.15. The lowest BCUT2D eigenvalue weighted by Gasteiger charge is -2.06. The number of aryl methyl sites for hydroxylation is 2. The summed E-state index contributed by atoms with van der Waals surface area (Å²) in [7, 11) is 0. The van der Waals surface area contributed by atoms with Gasteiger partial charge in [0.25, 0.3) is 5.91 Å². The first-order chi connectivity index (χ1) is 11.0. The molecule has 0 aliphatic rings. The monoisotopic (exact) mass is 309 g/mol. The number of oxazole rings is 1. The van der Waals surface area contributed by atoms with Gasteiger partial charge in [-0.3, -0.25) is 9.59 Å². The first-order valence-corrected chi connectivity index (χ1v) is 7.06. The van der Waals surface area contributed by atoms with E-state index in [2.05, 4.69) is 15.3 Å². The van der Waals surface area contributed by atoms with E-state index < -0.39 is 0 Å². The molecule has 3 aromatic rings. The fourth-order valence-corrected chi connectivity index (χ4v) is 2.24. The topological polar surface area (TPSA) is 88.0 Å². The summed E-state index contributed by atoms with van der Waals surface area (Å²) < 4.78 is 5.48. The highest BCUT2D eigenvalue weighted by molar-refractivity contribution is 6.04. The van der Waals surface area contributed by atoms with E-state index in [1.807, 2.05) is 13.0 Å². The Morgan fingerprint density at radius 1 is 1.22 bits per heavy atom. The number of aromatic amines is 1. The second-order valence-electron chi connectivity index (χ2n) is 5.23. The van der Waals surface area contributed by atoms with Crippen molar-refractivity contribution in [3.05, 3.63) is 70.0 Å². The lowest BCUT2D eigenvalue weighted by atomic mass is 10.1. The van der Waals surface area contributed by atoms with Crippen molar-refractivity contribution in [1.29, 1.82) is 0 Å². The number of nitrogens with one attached hydrogen (secondary N) is 2. The van der Waals surface area contributed by atoms with Crippen molar-refractivity contribution in [2.45, 2.75) is 13.8 Å². The zero-order valence-electron chi connectivity index (χ0n) is 12.7. The number of aromatic nitrogens is 2. The third kappa shape index (κ3) is 3.37. The molecule has 0 atom stereocenters. The largest absolute Gasteiger partial charge is 0.441 e. The van der Waals surface area contributed by atoms with Crippen molar-refractivity contribution in [2.24, 2.45) is 0 Å². The van der Waals surface area contributed by atoms with E-state index in [0.717, 1.165) is 5.56 Å². The van der Waals surface area contributed by atoms with Crippen LogP contribution in [-0.4, -0.2) is 15.9 Å². The van der Waals surface area contributed by atoms with Crippen LogP contribution < -0.4 is 10.9 Å². The fraction of sp³-hybridized carbons (Fsp3) is 0.118. The van der Waals surface area contributed by atoms with Gasteiger partial charge in [-0.2, -0.15) is 0 Å². The first kappa shape index (κ1) is 14.8. The number of hydrogen-bond acceptors (Lipinski definition) is 4. The number of carbonyl (C=O) groups is 1. The molecule has 0 aliphatic carbocycles. The van der Waals surface area contributed by atoms with Crippen molar-refractivity contribution in [2.75, 3.05) is 5.32 Å². The summed E-state index contributed by atoms with van der Waals surface area (Å²) in [5.41, 5.74) is 1.99. The van der Waals surface area contributed by atoms with Crippen molar-refractivity contribution < 1.29 is 9.21 Å². The van der Waals surface area contributed by atoms with Crippen molar-refractivity contribution >= 4 is 11.6 Å². The molecule has 0 spiro atoms. The van der Waals surface area contributed by atoms with Crippen LogP contribution in [0.15, 0.2) is 51.8 Å². The lowest BCUT2D eigenvalue weighted by molar-refractivity contribution is 0.102. The molecule has 6 nitrogen and oxygen atoms in total. The van der Waals surface area contributed by atoms with Crippen LogP contribution in [0.3, 0.4) is 0 Å². The standard InChI is InChI=1S/C17H15N3O3/c1-10-6-13(8-15(21)19-10)16(22)20-14-5-3-4-12(7-14)17-18-9-11(2)23-17/h3-9H,1-2H3,(H,19,21)(H,20,22). The number of anilines is 1. The van der Waals surface area contributed by atoms with Gasteiger partial charge in [-0.25, -0.2) is 4.98 Å². The molecule has 116 valence electrons.